The van der Waals surface area contributed by atoms with Crippen molar-refractivity contribution in [3.63, 3.8) is 0 Å². The van der Waals surface area contributed by atoms with Gasteiger partial charge in [-0.15, -0.1) is 0 Å². The Labute approximate surface area is 123 Å². The van der Waals surface area contributed by atoms with Crippen LogP contribution in [0.5, 0.6) is 5.75 Å². The number of nitrogens with one attached hydrogen (secondary N) is 1. The average Bonchev–Trinajstić information content (AvgIpc) is 2.45. The van der Waals surface area contributed by atoms with Crippen LogP contribution in [0.3, 0.4) is 0 Å². The molecule has 0 heterocycles. The van der Waals surface area contributed by atoms with Crippen LogP contribution in [0.1, 0.15) is 52.9 Å². The molecule has 112 valence electrons. The Kier molecular flexibility index (Phi) is 5.75. The van der Waals surface area contributed by atoms with E-state index in [-0.39, 0.29) is 6.10 Å². The van der Waals surface area contributed by atoms with Gasteiger partial charge in [-0.1, -0.05) is 32.8 Å². The van der Waals surface area contributed by atoms with E-state index in [0.717, 1.165) is 30.6 Å². The van der Waals surface area contributed by atoms with E-state index in [1.54, 1.807) is 0 Å². The summed E-state index contributed by atoms with van der Waals surface area (Å²) in [6.45, 7) is 7.74. The summed E-state index contributed by atoms with van der Waals surface area (Å²) in [4.78, 5) is 0. The SMILES string of the molecule is CCC(C)Oc1cccc(NCC2CCCC(C)C2)c1. The van der Waals surface area contributed by atoms with Gasteiger partial charge in [-0.3, -0.25) is 0 Å². The smallest absolute Gasteiger partial charge is 0.121 e. The molecule has 1 aliphatic rings. The van der Waals surface area contributed by atoms with E-state index < -0.39 is 0 Å². The average molecular weight is 275 g/mol. The fraction of sp³-hybridized carbons (Fsp3) is 0.667. The summed E-state index contributed by atoms with van der Waals surface area (Å²) in [5, 5.41) is 3.59. The van der Waals surface area contributed by atoms with Crippen molar-refractivity contribution in [2.45, 2.75) is 59.0 Å². The predicted octanol–water partition coefficient (Wildman–Crippen LogP) is 5.10. The first-order chi connectivity index (χ1) is 9.67. The summed E-state index contributed by atoms with van der Waals surface area (Å²) in [7, 11) is 0. The number of hydrogen-bond donors (Lipinski definition) is 1. The Bertz CT molecular complexity index is 404. The van der Waals surface area contributed by atoms with E-state index in [0.29, 0.717) is 0 Å². The lowest BCUT2D eigenvalue weighted by Gasteiger charge is -2.27. The van der Waals surface area contributed by atoms with E-state index in [4.69, 9.17) is 4.74 Å². The van der Waals surface area contributed by atoms with Gasteiger partial charge >= 0.3 is 0 Å². The molecule has 1 aromatic carbocycles. The molecule has 0 saturated heterocycles. The van der Waals surface area contributed by atoms with Crippen LogP contribution in [0.4, 0.5) is 5.69 Å². The molecule has 0 spiro atoms. The number of ether oxygens (including phenoxy) is 1. The van der Waals surface area contributed by atoms with Crippen LogP contribution in [0.2, 0.25) is 0 Å². The van der Waals surface area contributed by atoms with Crippen LogP contribution in [0.15, 0.2) is 24.3 Å². The number of anilines is 1. The van der Waals surface area contributed by atoms with Crippen LogP contribution in [-0.2, 0) is 0 Å². The van der Waals surface area contributed by atoms with Crippen LogP contribution in [0.25, 0.3) is 0 Å². The van der Waals surface area contributed by atoms with Crippen molar-refractivity contribution < 1.29 is 4.74 Å². The lowest BCUT2D eigenvalue weighted by Crippen LogP contribution is -2.21. The van der Waals surface area contributed by atoms with Gasteiger partial charge in [0.15, 0.2) is 0 Å². The first-order valence-corrected chi connectivity index (χ1v) is 8.18. The molecule has 3 atom stereocenters. The summed E-state index contributed by atoms with van der Waals surface area (Å²) in [5.41, 5.74) is 1.18. The van der Waals surface area contributed by atoms with E-state index in [1.807, 2.05) is 6.07 Å². The molecule has 0 amide bonds. The molecule has 3 unspecified atom stereocenters. The summed E-state index contributed by atoms with van der Waals surface area (Å²) >= 11 is 0. The second kappa shape index (κ2) is 7.56. The van der Waals surface area contributed by atoms with Gasteiger partial charge in [0.2, 0.25) is 0 Å². The van der Waals surface area contributed by atoms with E-state index in [1.165, 1.54) is 31.4 Å². The first kappa shape index (κ1) is 15.2. The highest BCUT2D eigenvalue weighted by atomic mass is 16.5. The highest BCUT2D eigenvalue weighted by Crippen LogP contribution is 2.29. The molecule has 2 nitrogen and oxygen atoms in total. The molecule has 1 fully saturated rings. The molecular formula is C18H29NO. The zero-order chi connectivity index (χ0) is 14.4. The summed E-state index contributed by atoms with van der Waals surface area (Å²) in [6.07, 6.45) is 6.87. The molecule has 1 N–H and O–H groups in total. The minimum Gasteiger partial charge on any atom is -0.491 e. The molecule has 2 rings (SSSR count). The van der Waals surface area contributed by atoms with E-state index >= 15 is 0 Å². The topological polar surface area (TPSA) is 21.3 Å². The second-order valence-corrected chi connectivity index (χ2v) is 6.38. The molecule has 1 saturated carbocycles. The number of hydrogen-bond acceptors (Lipinski definition) is 2. The van der Waals surface area contributed by atoms with Crippen molar-refractivity contribution in [1.82, 2.24) is 0 Å². The van der Waals surface area contributed by atoms with Gasteiger partial charge in [-0.2, -0.15) is 0 Å². The third-order valence-electron chi connectivity index (χ3n) is 4.39. The van der Waals surface area contributed by atoms with Crippen molar-refractivity contribution in [2.24, 2.45) is 11.8 Å². The molecular weight excluding hydrogens is 246 g/mol. The largest absolute Gasteiger partial charge is 0.491 e. The number of benzene rings is 1. The minimum atomic E-state index is 0.282. The quantitative estimate of drug-likeness (QED) is 0.779. The van der Waals surface area contributed by atoms with Gasteiger partial charge in [-0.05, 0) is 50.2 Å². The van der Waals surface area contributed by atoms with Gasteiger partial charge in [0.05, 0.1) is 6.10 Å². The molecule has 0 bridgehead atoms. The van der Waals surface area contributed by atoms with Crippen LogP contribution < -0.4 is 10.1 Å². The van der Waals surface area contributed by atoms with Crippen molar-refractivity contribution in [3.05, 3.63) is 24.3 Å². The standard InChI is InChI=1S/C18H29NO/c1-4-15(3)20-18-10-6-9-17(12-18)19-13-16-8-5-7-14(2)11-16/h6,9-10,12,14-16,19H,4-5,7-8,11,13H2,1-3H3. The summed E-state index contributed by atoms with van der Waals surface area (Å²) in [6, 6.07) is 8.37. The third-order valence-corrected chi connectivity index (χ3v) is 4.39. The highest BCUT2D eigenvalue weighted by Gasteiger charge is 2.18. The normalized spacial score (nSPS) is 24.1. The Morgan fingerprint density at radius 3 is 2.95 bits per heavy atom. The molecule has 0 radical (unpaired) electrons. The van der Waals surface area contributed by atoms with E-state index in [2.05, 4.69) is 44.3 Å². The van der Waals surface area contributed by atoms with E-state index in [9.17, 15) is 0 Å². The molecule has 0 aromatic heterocycles. The Morgan fingerprint density at radius 1 is 1.35 bits per heavy atom. The Morgan fingerprint density at radius 2 is 2.20 bits per heavy atom. The highest BCUT2D eigenvalue weighted by molar-refractivity contribution is 5.48. The fourth-order valence-electron chi connectivity index (χ4n) is 3.00. The summed E-state index contributed by atoms with van der Waals surface area (Å²) < 4.78 is 5.87. The van der Waals surface area contributed by atoms with Gasteiger partial charge in [0.25, 0.3) is 0 Å². The predicted molar refractivity (Wildman–Crippen MR) is 86.4 cm³/mol. The zero-order valence-electron chi connectivity index (χ0n) is 13.2. The Balaban J connectivity index is 1.84. The van der Waals surface area contributed by atoms with Crippen LogP contribution >= 0.6 is 0 Å². The van der Waals surface area contributed by atoms with Gasteiger partial charge in [0, 0.05) is 18.3 Å². The van der Waals surface area contributed by atoms with Crippen LogP contribution in [0, 0.1) is 11.8 Å². The maximum atomic E-state index is 5.87. The van der Waals surface area contributed by atoms with Gasteiger partial charge in [-0.25, -0.2) is 0 Å². The van der Waals surface area contributed by atoms with Gasteiger partial charge < -0.3 is 10.1 Å². The maximum Gasteiger partial charge on any atom is 0.121 e. The molecule has 20 heavy (non-hydrogen) atoms. The van der Waals surface area contributed by atoms with Crippen molar-refractivity contribution in [2.75, 3.05) is 11.9 Å². The lowest BCUT2D eigenvalue weighted by atomic mass is 9.82. The minimum absolute atomic E-state index is 0.282. The fourth-order valence-corrected chi connectivity index (χ4v) is 3.00. The lowest BCUT2D eigenvalue weighted by molar-refractivity contribution is 0.217. The number of rotatable bonds is 6. The van der Waals surface area contributed by atoms with Crippen molar-refractivity contribution >= 4 is 5.69 Å². The zero-order valence-corrected chi connectivity index (χ0v) is 13.2. The van der Waals surface area contributed by atoms with Crippen LogP contribution in [-0.4, -0.2) is 12.6 Å². The molecule has 1 aromatic rings. The van der Waals surface area contributed by atoms with Crippen molar-refractivity contribution in [1.29, 1.82) is 0 Å². The summed E-state index contributed by atoms with van der Waals surface area (Å²) in [5.74, 6) is 2.70. The molecule has 1 aliphatic carbocycles. The molecule has 2 heteroatoms. The maximum absolute atomic E-state index is 5.87. The third kappa shape index (κ3) is 4.73. The molecule has 0 aliphatic heterocycles. The second-order valence-electron chi connectivity index (χ2n) is 6.38. The first-order valence-electron chi connectivity index (χ1n) is 8.18. The Hall–Kier alpha value is -1.18. The monoisotopic (exact) mass is 275 g/mol. The van der Waals surface area contributed by atoms with Crippen molar-refractivity contribution in [3.8, 4) is 5.75 Å². The van der Waals surface area contributed by atoms with Gasteiger partial charge in [0.1, 0.15) is 5.75 Å².